The fraction of sp³-hybridized carbons (Fsp3) is 0.625. The molecule has 1 aromatic rings. The minimum absolute atomic E-state index is 0.334. The van der Waals surface area contributed by atoms with Crippen molar-refractivity contribution in [3.8, 4) is 0 Å². The molecule has 2 nitrogen and oxygen atoms in total. The van der Waals surface area contributed by atoms with Gasteiger partial charge in [0.2, 0.25) is 0 Å². The highest BCUT2D eigenvalue weighted by molar-refractivity contribution is 5.26. The molecule has 1 saturated carbocycles. The summed E-state index contributed by atoms with van der Waals surface area (Å²) in [6.45, 7) is 4.27. The summed E-state index contributed by atoms with van der Waals surface area (Å²) in [6, 6.07) is 0. The van der Waals surface area contributed by atoms with E-state index in [0.717, 1.165) is 5.76 Å². The van der Waals surface area contributed by atoms with Crippen LogP contribution < -0.4 is 0 Å². The Bertz CT molecular complexity index is 248. The van der Waals surface area contributed by atoms with Crippen LogP contribution in [0.3, 0.4) is 0 Å². The Morgan fingerprint density at radius 1 is 1.60 bits per heavy atom. The Kier molecular flexibility index (Phi) is 0.967. The molecule has 10 heavy (non-hydrogen) atoms. The Labute approximate surface area is 60.2 Å². The van der Waals surface area contributed by atoms with Gasteiger partial charge in [0.1, 0.15) is 5.76 Å². The summed E-state index contributed by atoms with van der Waals surface area (Å²) in [7, 11) is 0. The second kappa shape index (κ2) is 1.62. The average molecular weight is 137 g/mol. The van der Waals surface area contributed by atoms with Crippen molar-refractivity contribution >= 4 is 0 Å². The van der Waals surface area contributed by atoms with Gasteiger partial charge in [0.05, 0.1) is 6.20 Å². The monoisotopic (exact) mass is 137 g/mol. The van der Waals surface area contributed by atoms with Gasteiger partial charge in [0.15, 0.2) is 0 Å². The fourth-order valence-corrected chi connectivity index (χ4v) is 1.29. The summed E-state index contributed by atoms with van der Waals surface area (Å²) in [6.07, 6.45) is 4.30. The number of hydrogen-bond acceptors (Lipinski definition) is 2. The minimum atomic E-state index is 0.334. The smallest absolute Gasteiger partial charge is 0.145 e. The van der Waals surface area contributed by atoms with Gasteiger partial charge >= 0.3 is 0 Å². The average Bonchev–Trinajstić information content (AvgIpc) is 2.44. The topological polar surface area (TPSA) is 26.0 Å². The molecular formula is C8H11NO. The zero-order chi connectivity index (χ0) is 7.19. The van der Waals surface area contributed by atoms with Crippen molar-refractivity contribution in [1.29, 1.82) is 0 Å². The second-order valence-electron chi connectivity index (χ2n) is 3.40. The van der Waals surface area contributed by atoms with Gasteiger partial charge in [-0.1, -0.05) is 12.1 Å². The summed E-state index contributed by atoms with van der Waals surface area (Å²) in [5.41, 5.74) is 1.53. The van der Waals surface area contributed by atoms with Crippen LogP contribution in [0, 0.1) is 6.92 Å². The number of aryl methyl sites for hydroxylation is 1. The van der Waals surface area contributed by atoms with E-state index in [9.17, 15) is 0 Å². The van der Waals surface area contributed by atoms with Crippen LogP contribution in [0.4, 0.5) is 0 Å². The molecular weight excluding hydrogens is 126 g/mol. The van der Waals surface area contributed by atoms with E-state index in [2.05, 4.69) is 19.0 Å². The number of hydrogen-bond donors (Lipinski definition) is 0. The van der Waals surface area contributed by atoms with Gasteiger partial charge in [0, 0.05) is 11.0 Å². The van der Waals surface area contributed by atoms with E-state index in [1.807, 2.05) is 0 Å². The summed E-state index contributed by atoms with van der Waals surface area (Å²) < 4.78 is 5.14. The van der Waals surface area contributed by atoms with Gasteiger partial charge < -0.3 is 4.52 Å². The van der Waals surface area contributed by atoms with Crippen LogP contribution in [0.15, 0.2) is 10.7 Å². The maximum absolute atomic E-state index is 5.14. The predicted molar refractivity (Wildman–Crippen MR) is 37.8 cm³/mol. The molecule has 0 saturated heterocycles. The van der Waals surface area contributed by atoms with Gasteiger partial charge in [-0.05, 0) is 19.8 Å². The molecule has 2 heteroatoms. The van der Waals surface area contributed by atoms with Crippen LogP contribution in [0.1, 0.15) is 31.1 Å². The molecule has 1 aliphatic rings. The van der Waals surface area contributed by atoms with Crippen LogP contribution in [-0.2, 0) is 5.41 Å². The first-order chi connectivity index (χ1) is 4.72. The molecule has 0 amide bonds. The lowest BCUT2D eigenvalue weighted by atomic mass is 10.0. The van der Waals surface area contributed by atoms with Crippen LogP contribution in [-0.4, -0.2) is 5.16 Å². The van der Waals surface area contributed by atoms with E-state index in [-0.39, 0.29) is 0 Å². The lowest BCUT2D eigenvalue weighted by molar-refractivity contribution is 0.358. The molecule has 0 unspecified atom stereocenters. The van der Waals surface area contributed by atoms with Crippen molar-refractivity contribution in [3.63, 3.8) is 0 Å². The summed E-state index contributed by atoms with van der Waals surface area (Å²) in [4.78, 5) is 0. The third-order valence-electron chi connectivity index (χ3n) is 2.30. The van der Waals surface area contributed by atoms with Gasteiger partial charge in [-0.15, -0.1) is 0 Å². The zero-order valence-electron chi connectivity index (χ0n) is 6.35. The van der Waals surface area contributed by atoms with Crippen molar-refractivity contribution in [2.75, 3.05) is 0 Å². The maximum atomic E-state index is 5.14. The number of nitrogens with zero attached hydrogens (tertiary/aromatic N) is 1. The van der Waals surface area contributed by atoms with E-state index in [0.29, 0.717) is 5.41 Å². The highest BCUT2D eigenvalue weighted by Gasteiger charge is 2.43. The van der Waals surface area contributed by atoms with Gasteiger partial charge in [0.25, 0.3) is 0 Å². The quantitative estimate of drug-likeness (QED) is 0.592. The molecule has 1 aromatic heterocycles. The summed E-state index contributed by atoms with van der Waals surface area (Å²) in [5, 5.41) is 3.75. The van der Waals surface area contributed by atoms with E-state index in [1.165, 1.54) is 18.4 Å². The van der Waals surface area contributed by atoms with Gasteiger partial charge in [-0.3, -0.25) is 0 Å². The molecule has 0 N–H and O–H groups in total. The molecule has 0 atom stereocenters. The van der Waals surface area contributed by atoms with Crippen LogP contribution >= 0.6 is 0 Å². The molecule has 1 aliphatic carbocycles. The van der Waals surface area contributed by atoms with Crippen molar-refractivity contribution < 1.29 is 4.52 Å². The normalized spacial score (nSPS) is 21.0. The number of aromatic nitrogens is 1. The molecule has 1 heterocycles. The molecule has 0 aliphatic heterocycles. The molecule has 0 radical (unpaired) electrons. The van der Waals surface area contributed by atoms with E-state index < -0.39 is 0 Å². The van der Waals surface area contributed by atoms with E-state index in [4.69, 9.17) is 4.52 Å². The highest BCUT2D eigenvalue weighted by atomic mass is 16.5. The molecule has 0 spiro atoms. The lowest BCUT2D eigenvalue weighted by Crippen LogP contribution is -1.98. The third-order valence-corrected chi connectivity index (χ3v) is 2.30. The first-order valence-electron chi connectivity index (χ1n) is 3.64. The lowest BCUT2D eigenvalue weighted by Gasteiger charge is -2.01. The molecule has 54 valence electrons. The molecule has 0 aromatic carbocycles. The maximum Gasteiger partial charge on any atom is 0.145 e. The summed E-state index contributed by atoms with van der Waals surface area (Å²) in [5.74, 6) is 1.09. The molecule has 2 rings (SSSR count). The van der Waals surface area contributed by atoms with Crippen LogP contribution in [0.2, 0.25) is 0 Å². The Balaban J connectivity index is 2.42. The van der Waals surface area contributed by atoms with Crippen molar-refractivity contribution in [1.82, 2.24) is 5.16 Å². The van der Waals surface area contributed by atoms with Crippen molar-refractivity contribution in [3.05, 3.63) is 17.5 Å². The molecule has 1 fully saturated rings. The number of rotatable bonds is 1. The van der Waals surface area contributed by atoms with E-state index >= 15 is 0 Å². The van der Waals surface area contributed by atoms with Crippen LogP contribution in [0.5, 0.6) is 0 Å². The Hall–Kier alpha value is -0.790. The predicted octanol–water partition coefficient (Wildman–Crippen LogP) is 2.03. The Morgan fingerprint density at radius 2 is 2.30 bits per heavy atom. The first kappa shape index (κ1) is 5.96. The molecule has 0 bridgehead atoms. The highest BCUT2D eigenvalue weighted by Crippen LogP contribution is 2.48. The standard InChI is InChI=1S/C8H11NO/c1-6-5-9-10-7(6)8(2)3-4-8/h5H,3-4H2,1-2H3. The van der Waals surface area contributed by atoms with Crippen molar-refractivity contribution in [2.45, 2.75) is 32.1 Å². The van der Waals surface area contributed by atoms with Gasteiger partial charge in [-0.2, -0.15) is 0 Å². The fourth-order valence-electron chi connectivity index (χ4n) is 1.29. The first-order valence-corrected chi connectivity index (χ1v) is 3.64. The zero-order valence-corrected chi connectivity index (χ0v) is 6.35. The SMILES string of the molecule is Cc1cnoc1C1(C)CC1. The van der Waals surface area contributed by atoms with Crippen LogP contribution in [0.25, 0.3) is 0 Å². The van der Waals surface area contributed by atoms with Crippen molar-refractivity contribution in [2.24, 2.45) is 0 Å². The second-order valence-corrected chi connectivity index (χ2v) is 3.40. The largest absolute Gasteiger partial charge is 0.361 e. The summed E-state index contributed by atoms with van der Waals surface area (Å²) >= 11 is 0. The van der Waals surface area contributed by atoms with E-state index in [1.54, 1.807) is 6.20 Å². The van der Waals surface area contributed by atoms with Gasteiger partial charge in [-0.25, -0.2) is 0 Å². The third kappa shape index (κ3) is 0.681. The Morgan fingerprint density at radius 3 is 2.70 bits per heavy atom. The minimum Gasteiger partial charge on any atom is -0.361 e.